The Labute approximate surface area is 256 Å². The highest BCUT2D eigenvalue weighted by atomic mass is 32.1. The van der Waals surface area contributed by atoms with Gasteiger partial charge in [-0.05, 0) is 138 Å². The Balaban J connectivity index is 1.42. The molecular weight excluding hydrogens is 539 g/mol. The van der Waals surface area contributed by atoms with Crippen LogP contribution in [0, 0.1) is 46.3 Å². The second-order valence-electron chi connectivity index (χ2n) is 14.9. The van der Waals surface area contributed by atoms with Crippen molar-refractivity contribution in [1.82, 2.24) is 4.90 Å². The lowest BCUT2D eigenvalue weighted by Crippen LogP contribution is -2.51. The van der Waals surface area contributed by atoms with Crippen molar-refractivity contribution in [3.05, 3.63) is 11.6 Å². The van der Waals surface area contributed by atoms with Crippen LogP contribution in [0.1, 0.15) is 105 Å². The minimum Gasteiger partial charge on any atom is -0.461 e. The molecule has 0 amide bonds. The molecule has 0 bridgehead atoms. The summed E-state index contributed by atoms with van der Waals surface area (Å²) in [7, 11) is 3.95. The number of fused-ring (bicyclic) bond motifs is 5. The van der Waals surface area contributed by atoms with Crippen molar-refractivity contribution in [2.45, 2.75) is 123 Å². The number of thiol groups is 2. The minimum atomic E-state index is -0.184. The first-order chi connectivity index (χ1) is 19.0. The summed E-state index contributed by atoms with van der Waals surface area (Å²) in [5.41, 5.74) is 2.12. The monoisotopic (exact) mass is 595 g/mol. The molecule has 0 aromatic rings. The predicted octanol–water partition coefficient (Wildman–Crippen LogP) is 7.96. The van der Waals surface area contributed by atoms with Gasteiger partial charge in [0.1, 0.15) is 12.1 Å². The Bertz CT molecular complexity index is 888. The second kappa shape index (κ2) is 13.6. The fraction of sp³-hybridized carbons (Fsp3) is 0.909. The number of hydrogen-bond acceptors (Lipinski definition) is 7. The summed E-state index contributed by atoms with van der Waals surface area (Å²) in [6.07, 6.45) is 15.7. The molecule has 0 N–H and O–H groups in total. The summed E-state index contributed by atoms with van der Waals surface area (Å²) in [6.45, 7) is 12.3. The molecule has 0 saturated heterocycles. The lowest BCUT2D eigenvalue weighted by atomic mass is 9.47. The van der Waals surface area contributed by atoms with Crippen LogP contribution < -0.4 is 0 Å². The molecular formula is C33H57NO4S2. The van der Waals surface area contributed by atoms with E-state index >= 15 is 0 Å². The van der Waals surface area contributed by atoms with Crippen LogP contribution in [0.2, 0.25) is 0 Å². The molecule has 0 heterocycles. The van der Waals surface area contributed by atoms with Gasteiger partial charge in [-0.2, -0.15) is 0 Å². The summed E-state index contributed by atoms with van der Waals surface area (Å²) in [6, 6.07) is -0.184. The Hall–Kier alpha value is -0.210. The normalized spacial score (nSPS) is 38.8. The largest absolute Gasteiger partial charge is 0.461 e. The molecule has 4 aliphatic carbocycles. The first kappa shape index (κ1) is 32.7. The van der Waals surface area contributed by atoms with Crippen molar-refractivity contribution in [3.63, 3.8) is 0 Å². The van der Waals surface area contributed by atoms with E-state index in [4.69, 9.17) is 13.1 Å². The third kappa shape index (κ3) is 6.49. The van der Waals surface area contributed by atoms with Gasteiger partial charge in [-0.15, -0.1) is 0 Å². The van der Waals surface area contributed by atoms with Crippen LogP contribution in [-0.2, 0) is 17.9 Å². The van der Waals surface area contributed by atoms with Gasteiger partial charge in [0.25, 0.3) is 0 Å². The quantitative estimate of drug-likeness (QED) is 0.0788. The molecule has 3 saturated carbocycles. The lowest BCUT2D eigenvalue weighted by molar-refractivity contribution is -0.158. The summed E-state index contributed by atoms with van der Waals surface area (Å²) in [5, 5.41) is 0. The molecule has 230 valence electrons. The molecule has 7 heteroatoms. The van der Waals surface area contributed by atoms with Crippen LogP contribution >= 0.6 is 25.8 Å². The van der Waals surface area contributed by atoms with Crippen molar-refractivity contribution in [2.75, 3.05) is 20.7 Å². The first-order valence-electron chi connectivity index (χ1n) is 16.1. The van der Waals surface area contributed by atoms with Gasteiger partial charge in [0, 0.05) is 6.42 Å². The zero-order valence-electron chi connectivity index (χ0n) is 26.2. The lowest BCUT2D eigenvalue weighted by Gasteiger charge is -2.58. The molecule has 0 aromatic heterocycles. The third-order valence-corrected chi connectivity index (χ3v) is 12.4. The average Bonchev–Trinajstić information content (AvgIpc) is 3.18. The number of allylic oxidation sites excluding steroid dienone is 1. The van der Waals surface area contributed by atoms with E-state index < -0.39 is 0 Å². The summed E-state index contributed by atoms with van der Waals surface area (Å²) in [4.78, 5) is 15.1. The van der Waals surface area contributed by atoms with E-state index in [1.165, 1.54) is 38.5 Å². The smallest absolute Gasteiger partial charge is 0.323 e. The topological polar surface area (TPSA) is 48.0 Å². The fourth-order valence-corrected chi connectivity index (χ4v) is 10.3. The van der Waals surface area contributed by atoms with Gasteiger partial charge in [0.2, 0.25) is 0 Å². The number of hydrogen-bond donors (Lipinski definition) is 2. The second-order valence-corrected chi connectivity index (χ2v) is 15.4. The van der Waals surface area contributed by atoms with Crippen LogP contribution in [0.25, 0.3) is 0 Å². The SMILES string of the molecule is CC(CCCCC1C(OS)CC2C3CC=C4CC(OC(=O)C(C(C)C)N(C)C)CCC4(C)C3CCC12C)COS. The summed E-state index contributed by atoms with van der Waals surface area (Å²) >= 11 is 8.32. The number of unbranched alkanes of at least 4 members (excludes halogenated alkanes) is 1. The molecule has 4 aliphatic rings. The van der Waals surface area contributed by atoms with Crippen LogP contribution in [0.3, 0.4) is 0 Å². The van der Waals surface area contributed by atoms with Crippen LogP contribution in [-0.4, -0.2) is 49.8 Å². The summed E-state index contributed by atoms with van der Waals surface area (Å²) in [5.74, 6) is 3.45. The maximum Gasteiger partial charge on any atom is 0.323 e. The Morgan fingerprint density at radius 2 is 1.85 bits per heavy atom. The van der Waals surface area contributed by atoms with E-state index in [1.54, 1.807) is 5.57 Å². The number of carbonyl (C=O) groups is 1. The van der Waals surface area contributed by atoms with E-state index in [0.29, 0.717) is 35.0 Å². The number of esters is 1. The Morgan fingerprint density at radius 3 is 2.50 bits per heavy atom. The maximum atomic E-state index is 13.1. The zero-order valence-corrected chi connectivity index (χ0v) is 28.0. The zero-order chi connectivity index (χ0) is 29.2. The molecule has 0 aromatic carbocycles. The van der Waals surface area contributed by atoms with Crippen LogP contribution in [0.5, 0.6) is 0 Å². The minimum absolute atomic E-state index is 0.0123. The van der Waals surface area contributed by atoms with Crippen molar-refractivity contribution in [2.24, 2.45) is 46.3 Å². The molecule has 5 nitrogen and oxygen atoms in total. The van der Waals surface area contributed by atoms with Crippen LogP contribution in [0.4, 0.5) is 0 Å². The van der Waals surface area contributed by atoms with Gasteiger partial charge in [0.15, 0.2) is 0 Å². The van der Waals surface area contributed by atoms with Gasteiger partial charge >= 0.3 is 5.97 Å². The van der Waals surface area contributed by atoms with E-state index in [9.17, 15) is 4.79 Å². The highest BCUT2D eigenvalue weighted by Gasteiger charge is 2.61. The summed E-state index contributed by atoms with van der Waals surface area (Å²) < 4.78 is 17.1. The standard InChI is InChI=1S/C33H57NO4S2/c1-21(2)30(34(6)7)31(35)37-24-14-16-32(4)23(18-24)12-13-25-26(32)15-17-33(5)27(29(38-40)19-28(25)33)11-9-8-10-22(3)20-36-39/h12,21-22,24-30,39-40H,8-11,13-20H2,1-7H3. The molecule has 0 spiro atoms. The third-order valence-electron chi connectivity index (χ3n) is 11.9. The van der Waals surface area contributed by atoms with E-state index in [0.717, 1.165) is 38.7 Å². The fourth-order valence-electron chi connectivity index (χ4n) is 9.83. The van der Waals surface area contributed by atoms with Crippen molar-refractivity contribution < 1.29 is 17.9 Å². The van der Waals surface area contributed by atoms with E-state index in [2.05, 4.69) is 66.5 Å². The van der Waals surface area contributed by atoms with E-state index in [-0.39, 0.29) is 35.6 Å². The number of likely N-dealkylation sites (N-methyl/N-ethyl adjacent to an activating group) is 1. The highest BCUT2D eigenvalue weighted by Crippen LogP contribution is 2.67. The number of rotatable bonds is 12. The van der Waals surface area contributed by atoms with Gasteiger partial charge in [-0.25, -0.2) is 0 Å². The molecule has 4 rings (SSSR count). The highest BCUT2D eigenvalue weighted by molar-refractivity contribution is 7.75. The molecule has 10 unspecified atom stereocenters. The van der Waals surface area contributed by atoms with Gasteiger partial charge in [0.05, 0.1) is 12.7 Å². The number of ether oxygens (including phenoxy) is 1. The van der Waals surface area contributed by atoms with Crippen molar-refractivity contribution in [3.8, 4) is 0 Å². The van der Waals surface area contributed by atoms with Crippen LogP contribution in [0.15, 0.2) is 11.6 Å². The average molecular weight is 596 g/mol. The first-order valence-corrected chi connectivity index (χ1v) is 16.8. The Morgan fingerprint density at radius 1 is 1.10 bits per heavy atom. The predicted molar refractivity (Wildman–Crippen MR) is 169 cm³/mol. The molecule has 10 atom stereocenters. The van der Waals surface area contributed by atoms with Gasteiger partial charge in [-0.3, -0.25) is 9.69 Å². The van der Waals surface area contributed by atoms with Gasteiger partial charge < -0.3 is 13.1 Å². The van der Waals surface area contributed by atoms with Gasteiger partial charge in [-0.1, -0.05) is 59.1 Å². The molecule has 3 fully saturated rings. The molecule has 0 aliphatic heterocycles. The maximum absolute atomic E-state index is 13.1. The molecule has 0 radical (unpaired) electrons. The Kier molecular flexibility index (Phi) is 11.1. The molecule has 40 heavy (non-hydrogen) atoms. The van der Waals surface area contributed by atoms with Crippen molar-refractivity contribution in [1.29, 1.82) is 0 Å². The number of carbonyl (C=O) groups excluding carboxylic acids is 1. The van der Waals surface area contributed by atoms with Crippen molar-refractivity contribution >= 4 is 31.8 Å². The van der Waals surface area contributed by atoms with E-state index in [1.807, 2.05) is 19.0 Å². The number of nitrogens with zero attached hydrogens (tertiary/aromatic N) is 1.